The van der Waals surface area contributed by atoms with Crippen LogP contribution in [0.5, 0.6) is 0 Å². The summed E-state index contributed by atoms with van der Waals surface area (Å²) in [6.45, 7) is 0. The second-order valence-electron chi connectivity index (χ2n) is 5.72. The number of nitrogens with two attached hydrogens (primary N) is 1. The second kappa shape index (κ2) is 7.11. The van der Waals surface area contributed by atoms with Crippen LogP contribution < -0.4 is 9.86 Å². The predicted octanol–water partition coefficient (Wildman–Crippen LogP) is 1.71. The van der Waals surface area contributed by atoms with Crippen molar-refractivity contribution < 1.29 is 26.7 Å². The Hall–Kier alpha value is -3.15. The standard InChI is InChI=1S/C17H15N3O6S2/c18-28(25,26)20-11-10-15(16(20)17(21)22)12-6-8-13(9-7-12)19-27(23,24)14-4-2-1-3-5-14/h1-11,19H,(H,21,22)(H2,18,25,26). The molecule has 0 saturated carbocycles. The van der Waals surface area contributed by atoms with Gasteiger partial charge in [0.2, 0.25) is 0 Å². The molecule has 146 valence electrons. The van der Waals surface area contributed by atoms with E-state index in [0.29, 0.717) is 9.54 Å². The number of anilines is 1. The first-order valence-electron chi connectivity index (χ1n) is 7.76. The zero-order valence-corrected chi connectivity index (χ0v) is 15.8. The Morgan fingerprint density at radius 3 is 2.07 bits per heavy atom. The van der Waals surface area contributed by atoms with E-state index in [0.717, 1.165) is 6.20 Å². The molecule has 0 fully saturated rings. The number of carboxylic acid groups (broad SMARTS) is 1. The minimum atomic E-state index is -4.28. The largest absolute Gasteiger partial charge is 0.477 e. The maximum atomic E-state index is 12.3. The quantitative estimate of drug-likeness (QED) is 0.552. The summed E-state index contributed by atoms with van der Waals surface area (Å²) in [6, 6.07) is 14.9. The maximum Gasteiger partial charge on any atom is 0.354 e. The number of aromatic nitrogens is 1. The molecule has 0 saturated heterocycles. The first-order valence-corrected chi connectivity index (χ1v) is 10.7. The third kappa shape index (κ3) is 3.91. The van der Waals surface area contributed by atoms with Crippen LogP contribution in [-0.4, -0.2) is 31.9 Å². The van der Waals surface area contributed by atoms with E-state index < -0.39 is 31.9 Å². The van der Waals surface area contributed by atoms with E-state index in [9.17, 15) is 26.7 Å². The van der Waals surface area contributed by atoms with Crippen molar-refractivity contribution in [3.63, 3.8) is 0 Å². The van der Waals surface area contributed by atoms with E-state index in [1.54, 1.807) is 18.2 Å². The molecule has 0 aliphatic carbocycles. The predicted molar refractivity (Wildman–Crippen MR) is 103 cm³/mol. The molecule has 11 heteroatoms. The van der Waals surface area contributed by atoms with Crippen molar-refractivity contribution in [3.8, 4) is 11.1 Å². The summed E-state index contributed by atoms with van der Waals surface area (Å²) in [4.78, 5) is 11.6. The molecule has 0 bridgehead atoms. The molecule has 28 heavy (non-hydrogen) atoms. The van der Waals surface area contributed by atoms with E-state index in [-0.39, 0.29) is 16.1 Å². The number of hydrogen-bond acceptors (Lipinski definition) is 5. The van der Waals surface area contributed by atoms with E-state index in [2.05, 4.69) is 4.72 Å². The smallest absolute Gasteiger partial charge is 0.354 e. The number of carboxylic acids is 1. The molecule has 0 aliphatic rings. The van der Waals surface area contributed by atoms with Crippen LogP contribution in [0.25, 0.3) is 11.1 Å². The van der Waals surface area contributed by atoms with E-state index in [1.165, 1.54) is 42.5 Å². The van der Waals surface area contributed by atoms with Gasteiger partial charge in [-0.15, -0.1) is 0 Å². The van der Waals surface area contributed by atoms with Gasteiger partial charge in [0.1, 0.15) is 0 Å². The van der Waals surface area contributed by atoms with Crippen LogP contribution in [-0.2, 0) is 20.2 Å². The third-order valence-corrected chi connectivity index (χ3v) is 6.08. The molecule has 1 aromatic heterocycles. The Morgan fingerprint density at radius 1 is 0.929 bits per heavy atom. The molecular formula is C17H15N3O6S2. The minimum Gasteiger partial charge on any atom is -0.477 e. The molecule has 9 nitrogen and oxygen atoms in total. The monoisotopic (exact) mass is 421 g/mol. The molecule has 0 amide bonds. The first-order chi connectivity index (χ1) is 13.1. The van der Waals surface area contributed by atoms with Gasteiger partial charge in [0.25, 0.3) is 10.0 Å². The number of hydrogen-bond donors (Lipinski definition) is 3. The molecule has 3 rings (SSSR count). The van der Waals surface area contributed by atoms with Gasteiger partial charge in [-0.25, -0.2) is 22.3 Å². The second-order valence-corrected chi connectivity index (χ2v) is 8.83. The fraction of sp³-hybridized carbons (Fsp3) is 0. The number of sulfonamides is 1. The molecule has 4 N–H and O–H groups in total. The van der Waals surface area contributed by atoms with Gasteiger partial charge in [-0.1, -0.05) is 30.3 Å². The van der Waals surface area contributed by atoms with Gasteiger partial charge in [0.05, 0.1) is 4.90 Å². The van der Waals surface area contributed by atoms with Gasteiger partial charge < -0.3 is 5.11 Å². The van der Waals surface area contributed by atoms with E-state index >= 15 is 0 Å². The summed E-state index contributed by atoms with van der Waals surface area (Å²) in [7, 11) is -8.06. The van der Waals surface area contributed by atoms with E-state index in [4.69, 9.17) is 5.14 Å². The van der Waals surface area contributed by atoms with Crippen LogP contribution in [0.2, 0.25) is 0 Å². The van der Waals surface area contributed by atoms with Gasteiger partial charge in [0, 0.05) is 17.4 Å². The Labute approximate surface area is 161 Å². The van der Waals surface area contributed by atoms with Gasteiger partial charge in [-0.3, -0.25) is 4.72 Å². The molecule has 0 radical (unpaired) electrons. The summed E-state index contributed by atoms with van der Waals surface area (Å²) in [6.07, 6.45) is 1.04. The summed E-state index contributed by atoms with van der Waals surface area (Å²) in [5.74, 6) is -1.47. The van der Waals surface area contributed by atoms with Gasteiger partial charge in [-0.2, -0.15) is 8.42 Å². The molecule has 0 unspecified atom stereocenters. The minimum absolute atomic E-state index is 0.0949. The number of nitrogens with zero attached hydrogens (tertiary/aromatic N) is 1. The van der Waals surface area contributed by atoms with Gasteiger partial charge >= 0.3 is 16.2 Å². The summed E-state index contributed by atoms with van der Waals surface area (Å²) < 4.78 is 50.7. The Kier molecular flexibility index (Phi) is 4.98. The number of benzene rings is 2. The van der Waals surface area contributed by atoms with E-state index in [1.807, 2.05) is 0 Å². The highest BCUT2D eigenvalue weighted by atomic mass is 32.2. The first kappa shape index (κ1) is 19.6. The lowest BCUT2D eigenvalue weighted by Crippen LogP contribution is -2.24. The molecule has 3 aromatic rings. The lowest BCUT2D eigenvalue weighted by molar-refractivity contribution is 0.0690. The third-order valence-electron chi connectivity index (χ3n) is 3.83. The Morgan fingerprint density at radius 2 is 1.54 bits per heavy atom. The Bertz CT molecular complexity index is 1230. The summed E-state index contributed by atoms with van der Waals surface area (Å²) in [5, 5.41) is 14.4. The lowest BCUT2D eigenvalue weighted by Gasteiger charge is -2.09. The van der Waals surface area contributed by atoms with Crippen molar-refractivity contribution in [1.29, 1.82) is 0 Å². The van der Waals surface area contributed by atoms with Crippen LogP contribution in [0.1, 0.15) is 10.5 Å². The highest BCUT2D eigenvalue weighted by molar-refractivity contribution is 7.92. The zero-order valence-electron chi connectivity index (χ0n) is 14.2. The zero-order chi connectivity index (χ0) is 20.5. The fourth-order valence-electron chi connectivity index (χ4n) is 2.60. The maximum absolute atomic E-state index is 12.3. The molecule has 1 heterocycles. The number of nitrogens with one attached hydrogen (secondary N) is 1. The Balaban J connectivity index is 1.94. The van der Waals surface area contributed by atoms with Gasteiger partial charge in [-0.05, 0) is 35.9 Å². The van der Waals surface area contributed by atoms with Crippen molar-refractivity contribution in [3.05, 3.63) is 72.6 Å². The highest BCUT2D eigenvalue weighted by Crippen LogP contribution is 2.27. The van der Waals surface area contributed by atoms with Crippen LogP contribution >= 0.6 is 0 Å². The molecular weight excluding hydrogens is 406 g/mol. The SMILES string of the molecule is NS(=O)(=O)n1ccc(-c2ccc(NS(=O)(=O)c3ccccc3)cc2)c1C(=O)O. The topological polar surface area (TPSA) is 149 Å². The lowest BCUT2D eigenvalue weighted by atomic mass is 10.1. The molecule has 0 aliphatic heterocycles. The fourth-order valence-corrected chi connectivity index (χ4v) is 4.34. The van der Waals surface area contributed by atoms with Crippen molar-refractivity contribution in [1.82, 2.24) is 3.97 Å². The number of carbonyl (C=O) groups is 1. The normalized spacial score (nSPS) is 11.9. The van der Waals surface area contributed by atoms with Gasteiger partial charge in [0.15, 0.2) is 5.69 Å². The van der Waals surface area contributed by atoms with Crippen molar-refractivity contribution in [2.45, 2.75) is 4.90 Å². The van der Waals surface area contributed by atoms with Crippen molar-refractivity contribution in [2.75, 3.05) is 4.72 Å². The summed E-state index contributed by atoms with van der Waals surface area (Å²) >= 11 is 0. The van der Waals surface area contributed by atoms with Crippen molar-refractivity contribution in [2.24, 2.45) is 5.14 Å². The number of rotatable bonds is 6. The average Bonchev–Trinajstić information content (AvgIpc) is 3.09. The van der Waals surface area contributed by atoms with Crippen LogP contribution in [0.3, 0.4) is 0 Å². The van der Waals surface area contributed by atoms with Crippen LogP contribution in [0, 0.1) is 0 Å². The number of aromatic carboxylic acids is 1. The highest BCUT2D eigenvalue weighted by Gasteiger charge is 2.23. The molecule has 0 atom stereocenters. The van der Waals surface area contributed by atoms with Crippen molar-refractivity contribution >= 4 is 31.9 Å². The van der Waals surface area contributed by atoms with Crippen LogP contribution in [0.15, 0.2) is 71.8 Å². The molecule has 2 aromatic carbocycles. The van der Waals surface area contributed by atoms with Crippen LogP contribution in [0.4, 0.5) is 5.69 Å². The molecule has 0 spiro atoms. The average molecular weight is 421 g/mol. The summed E-state index contributed by atoms with van der Waals surface area (Å²) in [5.41, 5.74) is 0.247.